The van der Waals surface area contributed by atoms with Crippen molar-refractivity contribution in [2.75, 3.05) is 43.4 Å². The first-order valence-electron chi connectivity index (χ1n) is 15.7. The Morgan fingerprint density at radius 1 is 1.25 bits per heavy atom. The Hall–Kier alpha value is -3.77. The van der Waals surface area contributed by atoms with Crippen molar-refractivity contribution in [3.05, 3.63) is 52.6 Å². The van der Waals surface area contributed by atoms with Crippen molar-refractivity contribution in [3.8, 4) is 23.2 Å². The van der Waals surface area contributed by atoms with Crippen molar-refractivity contribution >= 4 is 54.7 Å². The number of alkyl halides is 1. The molecule has 3 N–H and O–H groups in total. The van der Waals surface area contributed by atoms with Gasteiger partial charge >= 0.3 is 6.01 Å². The van der Waals surface area contributed by atoms with Crippen LogP contribution in [0.1, 0.15) is 37.7 Å². The Morgan fingerprint density at radius 3 is 2.88 bits per heavy atom. The number of aromatic nitrogens is 2. The number of hydrogen-bond acceptors (Lipinski definition) is 9. The molecule has 2 aromatic heterocycles. The summed E-state index contributed by atoms with van der Waals surface area (Å²) < 4.78 is 79.9. The van der Waals surface area contributed by atoms with Gasteiger partial charge < -0.3 is 20.7 Å². The summed E-state index contributed by atoms with van der Waals surface area (Å²) in [7, 11) is 0. The largest absolute Gasteiger partial charge is 0.461 e. The summed E-state index contributed by atoms with van der Waals surface area (Å²) in [5.41, 5.74) is 4.39. The second-order valence-electron chi connectivity index (χ2n) is 13.2. The molecule has 8 nitrogen and oxygen atoms in total. The first-order chi connectivity index (χ1) is 23.0. The average Bonchev–Trinajstić information content (AvgIpc) is 3.75. The lowest BCUT2D eigenvalue weighted by molar-refractivity contribution is 0.107. The van der Waals surface area contributed by atoms with Gasteiger partial charge in [-0.15, -0.1) is 11.3 Å². The minimum atomic E-state index is -1.81. The first-order valence-corrected chi connectivity index (χ1v) is 16.9. The number of fused-ring (bicyclic) bond motifs is 5. The topological polar surface area (TPSA) is 103 Å². The van der Waals surface area contributed by atoms with Crippen LogP contribution in [0.5, 0.6) is 6.01 Å². The highest BCUT2D eigenvalue weighted by Gasteiger charge is 2.50. The number of thiophene rings is 1. The van der Waals surface area contributed by atoms with E-state index >= 15 is 4.39 Å². The lowest BCUT2D eigenvalue weighted by Gasteiger charge is -2.40. The van der Waals surface area contributed by atoms with Crippen molar-refractivity contribution in [3.63, 3.8) is 0 Å². The number of piperazine rings is 1. The van der Waals surface area contributed by atoms with Crippen LogP contribution in [0.2, 0.25) is 5.02 Å². The molecule has 48 heavy (non-hydrogen) atoms. The summed E-state index contributed by atoms with van der Waals surface area (Å²) in [4.78, 5) is 13.1. The number of nitrogens with two attached hydrogens (primary N) is 1. The number of ether oxygens (including phenoxy) is 1. The molecule has 4 aliphatic rings. The molecule has 2 aromatic carbocycles. The molecule has 250 valence electrons. The predicted octanol–water partition coefficient (Wildman–Crippen LogP) is 6.94. The SMILES string of the molecule is N#Cc1c(N)sc2c(F)ccc(-c3c(Cl)cc4c(N5C[C@@H]6CC[C@](C=C(F)F)(C5)N6)nc(OCC56CCCN5C[C@H](F)C6)nc4c3F)c12. The molecule has 4 atom stereocenters. The van der Waals surface area contributed by atoms with E-state index in [2.05, 4.69) is 15.2 Å². The fourth-order valence-corrected chi connectivity index (χ4v) is 9.56. The number of rotatable bonds is 6. The highest BCUT2D eigenvalue weighted by atomic mass is 35.5. The molecule has 4 aromatic rings. The van der Waals surface area contributed by atoms with Gasteiger partial charge in [0.15, 0.2) is 5.82 Å². The Bertz CT molecular complexity index is 2070. The zero-order valence-corrected chi connectivity index (χ0v) is 27.0. The van der Waals surface area contributed by atoms with E-state index in [4.69, 9.17) is 27.1 Å². The van der Waals surface area contributed by atoms with Crippen molar-refractivity contribution in [1.82, 2.24) is 20.2 Å². The molecular formula is C33H29ClF5N7OS. The number of nitriles is 1. The molecule has 4 saturated heterocycles. The Balaban J connectivity index is 1.30. The Morgan fingerprint density at radius 2 is 2.08 bits per heavy atom. The van der Waals surface area contributed by atoms with Gasteiger partial charge in [-0.05, 0) is 49.9 Å². The van der Waals surface area contributed by atoms with E-state index in [-0.39, 0.29) is 78.7 Å². The smallest absolute Gasteiger partial charge is 0.319 e. The molecule has 1 unspecified atom stereocenters. The zero-order valence-electron chi connectivity index (χ0n) is 25.4. The molecular weight excluding hydrogens is 673 g/mol. The standard InChI is InChI=1S/C33H29ClF5N7OS/c34-21-8-19-27(26(39)25(21)18-2-3-22(36)28-24(18)20(11-40)29(41)48-28)42-31(47-15-33-5-1-7-46(33)12-16(35)9-33)43-30(19)45-13-17-4-6-32(14-45,44-17)10-23(37)38/h2-3,8,10,16-17,44H,1,4-7,9,12-15,41H2/t16-,17+,32+,33?/m1/s1. The second-order valence-corrected chi connectivity index (χ2v) is 14.7. The summed E-state index contributed by atoms with van der Waals surface area (Å²) in [5, 5.41) is 13.5. The van der Waals surface area contributed by atoms with Crippen LogP contribution in [0.4, 0.5) is 32.8 Å². The maximum atomic E-state index is 17.0. The van der Waals surface area contributed by atoms with Crippen LogP contribution in [0.25, 0.3) is 32.1 Å². The fraction of sp³-hybridized carbons (Fsp3) is 0.424. The van der Waals surface area contributed by atoms with Crippen molar-refractivity contribution in [2.24, 2.45) is 0 Å². The molecule has 0 spiro atoms. The first kappa shape index (κ1) is 31.5. The molecule has 0 aliphatic carbocycles. The van der Waals surface area contributed by atoms with Gasteiger partial charge in [0.2, 0.25) is 0 Å². The van der Waals surface area contributed by atoms with Crippen LogP contribution in [0.3, 0.4) is 0 Å². The number of nitrogen functional groups attached to an aromatic ring is 1. The summed E-state index contributed by atoms with van der Waals surface area (Å²) in [6.45, 7) is 1.67. The van der Waals surface area contributed by atoms with Crippen molar-refractivity contribution in [2.45, 2.75) is 55.4 Å². The molecule has 0 radical (unpaired) electrons. The molecule has 4 fully saturated rings. The highest BCUT2D eigenvalue weighted by molar-refractivity contribution is 7.23. The minimum Gasteiger partial charge on any atom is -0.461 e. The van der Waals surface area contributed by atoms with E-state index < -0.39 is 35.0 Å². The van der Waals surface area contributed by atoms with Gasteiger partial charge in [-0.25, -0.2) is 13.2 Å². The lowest BCUT2D eigenvalue weighted by Crippen LogP contribution is -2.59. The third-order valence-electron chi connectivity index (χ3n) is 10.3. The van der Waals surface area contributed by atoms with Crippen LogP contribution in [-0.2, 0) is 0 Å². The number of halogens is 6. The molecule has 6 heterocycles. The van der Waals surface area contributed by atoms with E-state index in [9.17, 15) is 22.8 Å². The minimum absolute atomic E-state index is 0.00491. The van der Waals surface area contributed by atoms with E-state index in [1.165, 1.54) is 12.1 Å². The van der Waals surface area contributed by atoms with Gasteiger partial charge in [-0.1, -0.05) is 17.7 Å². The fourth-order valence-electron chi connectivity index (χ4n) is 8.31. The van der Waals surface area contributed by atoms with Crippen LogP contribution < -0.4 is 20.7 Å². The monoisotopic (exact) mass is 701 g/mol. The molecule has 4 aliphatic heterocycles. The van der Waals surface area contributed by atoms with Crippen LogP contribution in [0.15, 0.2) is 30.4 Å². The van der Waals surface area contributed by atoms with Gasteiger partial charge in [-0.2, -0.15) is 24.0 Å². The maximum absolute atomic E-state index is 17.0. The predicted molar refractivity (Wildman–Crippen MR) is 174 cm³/mol. The zero-order chi connectivity index (χ0) is 33.5. The number of hydrogen-bond donors (Lipinski definition) is 2. The van der Waals surface area contributed by atoms with Gasteiger partial charge in [0, 0.05) is 54.5 Å². The summed E-state index contributed by atoms with van der Waals surface area (Å²) in [6.07, 6.45) is 1.19. The van der Waals surface area contributed by atoms with Gasteiger partial charge in [-0.3, -0.25) is 4.90 Å². The van der Waals surface area contributed by atoms with Crippen LogP contribution in [0, 0.1) is 23.0 Å². The molecule has 0 amide bonds. The third-order valence-corrected chi connectivity index (χ3v) is 11.6. The van der Waals surface area contributed by atoms with E-state index in [0.29, 0.717) is 32.4 Å². The van der Waals surface area contributed by atoms with Gasteiger partial charge in [0.05, 0.1) is 26.4 Å². The van der Waals surface area contributed by atoms with Crippen molar-refractivity contribution in [1.29, 1.82) is 5.26 Å². The van der Waals surface area contributed by atoms with Crippen LogP contribution in [-0.4, -0.2) is 70.9 Å². The van der Waals surface area contributed by atoms with Crippen LogP contribution >= 0.6 is 22.9 Å². The van der Waals surface area contributed by atoms with E-state index in [0.717, 1.165) is 42.9 Å². The van der Waals surface area contributed by atoms with Gasteiger partial charge in [0.1, 0.15) is 41.0 Å². The highest BCUT2D eigenvalue weighted by Crippen LogP contribution is 2.47. The number of anilines is 2. The van der Waals surface area contributed by atoms with E-state index in [1.54, 1.807) is 0 Å². The average molecular weight is 702 g/mol. The van der Waals surface area contributed by atoms with Gasteiger partial charge in [0.25, 0.3) is 6.08 Å². The number of nitrogens with one attached hydrogen (secondary N) is 1. The number of benzene rings is 2. The summed E-state index contributed by atoms with van der Waals surface area (Å²) in [5.74, 6) is -1.22. The number of nitrogens with zero attached hydrogens (tertiary/aromatic N) is 5. The Labute approximate surface area is 280 Å². The normalized spacial score (nSPS) is 26.7. The van der Waals surface area contributed by atoms with E-state index in [1.807, 2.05) is 11.0 Å². The second kappa shape index (κ2) is 11.4. The molecule has 8 rings (SSSR count). The molecule has 15 heteroatoms. The maximum Gasteiger partial charge on any atom is 0.319 e. The quantitative estimate of drug-likeness (QED) is 0.209. The summed E-state index contributed by atoms with van der Waals surface area (Å²) >= 11 is 7.69. The lowest BCUT2D eigenvalue weighted by atomic mass is 9.95. The summed E-state index contributed by atoms with van der Waals surface area (Å²) in [6, 6.07) is 5.72. The van der Waals surface area contributed by atoms with Crippen molar-refractivity contribution < 1.29 is 26.7 Å². The molecule has 2 bridgehead atoms. The third kappa shape index (κ3) is 4.97. The molecule has 0 saturated carbocycles. The Kier molecular flexibility index (Phi) is 7.48.